The average molecular weight is 265 g/mol. The molecule has 1 aromatic carbocycles. The molecule has 3 heteroatoms. The second-order valence-corrected chi connectivity index (χ2v) is 6.11. The van der Waals surface area contributed by atoms with Crippen LogP contribution in [0.5, 0.6) is 0 Å². The molecule has 0 amide bonds. The van der Waals surface area contributed by atoms with Crippen molar-refractivity contribution in [3.05, 3.63) is 29.8 Å². The molecule has 1 aliphatic heterocycles. The number of nitrogens with two attached hydrogens (primary N) is 1. The molecule has 1 aliphatic rings. The van der Waals surface area contributed by atoms with Crippen molar-refractivity contribution >= 4 is 11.8 Å². The predicted molar refractivity (Wildman–Crippen MR) is 78.1 cm³/mol. The Bertz CT molecular complexity index is 363. The van der Waals surface area contributed by atoms with Crippen LogP contribution >= 0.6 is 11.8 Å². The normalized spacial score (nSPS) is 21.1. The average Bonchev–Trinajstić information content (AvgIpc) is 2.88. The SMILES string of the molecule is Cc1ccccc1SCC(N)CCC1CCCO1. The molecule has 1 fully saturated rings. The first-order valence-corrected chi connectivity index (χ1v) is 7.80. The summed E-state index contributed by atoms with van der Waals surface area (Å²) in [7, 11) is 0. The lowest BCUT2D eigenvalue weighted by molar-refractivity contribution is 0.101. The van der Waals surface area contributed by atoms with Crippen molar-refractivity contribution in [3.63, 3.8) is 0 Å². The van der Waals surface area contributed by atoms with Gasteiger partial charge in [-0.15, -0.1) is 11.8 Å². The summed E-state index contributed by atoms with van der Waals surface area (Å²) in [5, 5.41) is 0. The first-order valence-electron chi connectivity index (χ1n) is 6.81. The number of hydrogen-bond acceptors (Lipinski definition) is 3. The van der Waals surface area contributed by atoms with E-state index in [1.165, 1.54) is 23.3 Å². The third-order valence-corrected chi connectivity index (χ3v) is 4.79. The Morgan fingerprint density at radius 3 is 3.00 bits per heavy atom. The fraction of sp³-hybridized carbons (Fsp3) is 0.600. The van der Waals surface area contributed by atoms with Crippen molar-refractivity contribution in [2.45, 2.75) is 49.6 Å². The van der Waals surface area contributed by atoms with E-state index < -0.39 is 0 Å². The lowest BCUT2D eigenvalue weighted by Gasteiger charge is -2.15. The number of rotatable bonds is 6. The fourth-order valence-electron chi connectivity index (χ4n) is 2.27. The molecule has 2 unspecified atom stereocenters. The van der Waals surface area contributed by atoms with Gasteiger partial charge in [-0.2, -0.15) is 0 Å². The zero-order valence-corrected chi connectivity index (χ0v) is 11.9. The number of ether oxygens (including phenoxy) is 1. The van der Waals surface area contributed by atoms with E-state index >= 15 is 0 Å². The molecular weight excluding hydrogens is 242 g/mol. The van der Waals surface area contributed by atoms with Gasteiger partial charge in [-0.3, -0.25) is 0 Å². The fourth-order valence-corrected chi connectivity index (χ4v) is 3.30. The quantitative estimate of drug-likeness (QED) is 0.801. The molecule has 2 atom stereocenters. The molecule has 0 saturated carbocycles. The van der Waals surface area contributed by atoms with E-state index in [0.29, 0.717) is 6.10 Å². The number of thioether (sulfide) groups is 1. The summed E-state index contributed by atoms with van der Waals surface area (Å²) in [4.78, 5) is 1.35. The molecule has 100 valence electrons. The molecule has 1 saturated heterocycles. The third kappa shape index (κ3) is 4.30. The Hall–Kier alpha value is -0.510. The van der Waals surface area contributed by atoms with Gasteiger partial charge >= 0.3 is 0 Å². The molecule has 1 aromatic rings. The van der Waals surface area contributed by atoms with E-state index in [4.69, 9.17) is 10.5 Å². The third-order valence-electron chi connectivity index (χ3n) is 3.43. The van der Waals surface area contributed by atoms with Crippen molar-refractivity contribution in [2.24, 2.45) is 5.73 Å². The minimum Gasteiger partial charge on any atom is -0.378 e. The van der Waals surface area contributed by atoms with Crippen LogP contribution in [0, 0.1) is 6.92 Å². The van der Waals surface area contributed by atoms with Gasteiger partial charge in [-0.25, -0.2) is 0 Å². The lowest BCUT2D eigenvalue weighted by atomic mass is 10.1. The van der Waals surface area contributed by atoms with Crippen molar-refractivity contribution in [1.29, 1.82) is 0 Å². The highest BCUT2D eigenvalue weighted by molar-refractivity contribution is 7.99. The summed E-state index contributed by atoms with van der Waals surface area (Å²) in [6, 6.07) is 8.77. The van der Waals surface area contributed by atoms with Crippen molar-refractivity contribution in [1.82, 2.24) is 0 Å². The maximum absolute atomic E-state index is 6.17. The zero-order valence-electron chi connectivity index (χ0n) is 11.1. The standard InChI is InChI=1S/C15H23NOS/c1-12-5-2-3-7-15(12)18-11-13(16)8-9-14-6-4-10-17-14/h2-3,5,7,13-14H,4,6,8-11,16H2,1H3. The minimum absolute atomic E-state index is 0.277. The van der Waals surface area contributed by atoms with Gasteiger partial charge < -0.3 is 10.5 Å². The summed E-state index contributed by atoms with van der Waals surface area (Å²) in [5.74, 6) is 0.998. The molecule has 1 heterocycles. The predicted octanol–water partition coefficient (Wildman–Crippen LogP) is 3.37. The smallest absolute Gasteiger partial charge is 0.0576 e. The molecule has 0 aliphatic carbocycles. The summed E-state index contributed by atoms with van der Waals surface area (Å²) < 4.78 is 5.62. The molecule has 0 radical (unpaired) electrons. The molecule has 0 bridgehead atoms. The molecule has 2 nitrogen and oxygen atoms in total. The maximum atomic E-state index is 6.17. The van der Waals surface area contributed by atoms with Gasteiger partial charge in [0.2, 0.25) is 0 Å². The van der Waals surface area contributed by atoms with Gasteiger partial charge in [-0.05, 0) is 44.2 Å². The van der Waals surface area contributed by atoms with Crippen LogP contribution in [0.4, 0.5) is 0 Å². The molecule has 2 N–H and O–H groups in total. The topological polar surface area (TPSA) is 35.2 Å². The van der Waals surface area contributed by atoms with Gasteiger partial charge in [0, 0.05) is 23.3 Å². The minimum atomic E-state index is 0.277. The lowest BCUT2D eigenvalue weighted by Crippen LogP contribution is -2.24. The Labute approximate surface area is 114 Å². The highest BCUT2D eigenvalue weighted by atomic mass is 32.2. The van der Waals surface area contributed by atoms with Crippen molar-refractivity contribution < 1.29 is 4.74 Å². The van der Waals surface area contributed by atoms with Crippen LogP contribution in [0.3, 0.4) is 0 Å². The highest BCUT2D eigenvalue weighted by Gasteiger charge is 2.16. The highest BCUT2D eigenvalue weighted by Crippen LogP contribution is 2.24. The first-order chi connectivity index (χ1) is 8.75. The van der Waals surface area contributed by atoms with Gasteiger partial charge in [-0.1, -0.05) is 18.2 Å². The van der Waals surface area contributed by atoms with Crippen LogP contribution in [-0.2, 0) is 4.74 Å². The number of benzene rings is 1. The van der Waals surface area contributed by atoms with Crippen molar-refractivity contribution in [2.75, 3.05) is 12.4 Å². The molecule has 18 heavy (non-hydrogen) atoms. The van der Waals surface area contributed by atoms with E-state index in [-0.39, 0.29) is 6.04 Å². The summed E-state index contributed by atoms with van der Waals surface area (Å²) in [6.45, 7) is 3.10. The van der Waals surface area contributed by atoms with Crippen LogP contribution in [-0.4, -0.2) is 24.5 Å². The van der Waals surface area contributed by atoms with Gasteiger partial charge in [0.05, 0.1) is 6.10 Å². The van der Waals surface area contributed by atoms with Gasteiger partial charge in [0.15, 0.2) is 0 Å². The second-order valence-electron chi connectivity index (χ2n) is 5.05. The molecule has 2 rings (SSSR count). The molecule has 0 aromatic heterocycles. The van der Waals surface area contributed by atoms with E-state index in [0.717, 1.165) is 25.2 Å². The Balaban J connectivity index is 1.68. The van der Waals surface area contributed by atoms with Crippen LogP contribution in [0.15, 0.2) is 29.2 Å². The number of aryl methyl sites for hydroxylation is 1. The van der Waals surface area contributed by atoms with Crippen LogP contribution in [0.2, 0.25) is 0 Å². The summed E-state index contributed by atoms with van der Waals surface area (Å²) in [5.41, 5.74) is 7.51. The largest absolute Gasteiger partial charge is 0.378 e. The first kappa shape index (κ1) is 13.9. The summed E-state index contributed by atoms with van der Waals surface area (Å²) in [6.07, 6.45) is 5.11. The Morgan fingerprint density at radius 2 is 2.28 bits per heavy atom. The van der Waals surface area contributed by atoms with E-state index in [9.17, 15) is 0 Å². The van der Waals surface area contributed by atoms with Gasteiger partial charge in [0.1, 0.15) is 0 Å². The van der Waals surface area contributed by atoms with Crippen LogP contribution < -0.4 is 5.73 Å². The summed E-state index contributed by atoms with van der Waals surface area (Å²) >= 11 is 1.87. The Morgan fingerprint density at radius 1 is 1.44 bits per heavy atom. The Kier molecular flexibility index (Phi) is 5.54. The second kappa shape index (κ2) is 7.17. The van der Waals surface area contributed by atoms with Crippen LogP contribution in [0.1, 0.15) is 31.2 Å². The monoisotopic (exact) mass is 265 g/mol. The van der Waals surface area contributed by atoms with Gasteiger partial charge in [0.25, 0.3) is 0 Å². The maximum Gasteiger partial charge on any atom is 0.0576 e. The zero-order chi connectivity index (χ0) is 12.8. The number of hydrogen-bond donors (Lipinski definition) is 1. The van der Waals surface area contributed by atoms with E-state index in [2.05, 4.69) is 31.2 Å². The molecular formula is C15H23NOS. The molecule has 0 spiro atoms. The van der Waals surface area contributed by atoms with E-state index in [1.807, 2.05) is 11.8 Å². The van der Waals surface area contributed by atoms with Crippen LogP contribution in [0.25, 0.3) is 0 Å². The van der Waals surface area contributed by atoms with E-state index in [1.54, 1.807) is 0 Å². The van der Waals surface area contributed by atoms with Crippen molar-refractivity contribution in [3.8, 4) is 0 Å².